The lowest BCUT2D eigenvalue weighted by molar-refractivity contribution is -0.177. The highest BCUT2D eigenvalue weighted by atomic mass is 16.7. The number of hydrogen-bond donors (Lipinski definition) is 1. The second-order valence-electron chi connectivity index (χ2n) is 4.57. The van der Waals surface area contributed by atoms with Crippen molar-refractivity contribution in [3.05, 3.63) is 24.2 Å². The van der Waals surface area contributed by atoms with Crippen LogP contribution < -0.4 is 0 Å². The highest BCUT2D eigenvalue weighted by molar-refractivity contribution is 5.12. The van der Waals surface area contributed by atoms with Crippen LogP contribution in [0.3, 0.4) is 0 Å². The Labute approximate surface area is 95.2 Å². The van der Waals surface area contributed by atoms with Gasteiger partial charge in [-0.05, 0) is 32.4 Å². The zero-order valence-electron chi connectivity index (χ0n) is 9.90. The van der Waals surface area contributed by atoms with Crippen molar-refractivity contribution in [2.45, 2.75) is 44.7 Å². The van der Waals surface area contributed by atoms with Crippen LogP contribution in [0.5, 0.6) is 0 Å². The first-order valence-corrected chi connectivity index (χ1v) is 5.56. The minimum atomic E-state index is -1.11. The monoisotopic (exact) mass is 226 g/mol. The van der Waals surface area contributed by atoms with E-state index in [9.17, 15) is 5.11 Å². The Bertz CT molecular complexity index is 344. The maximum atomic E-state index is 10.6. The van der Waals surface area contributed by atoms with Gasteiger partial charge in [-0.2, -0.15) is 0 Å². The maximum Gasteiger partial charge on any atom is 0.163 e. The topological polar surface area (TPSA) is 51.8 Å². The molecule has 2 atom stereocenters. The fourth-order valence-corrected chi connectivity index (χ4v) is 2.01. The van der Waals surface area contributed by atoms with E-state index in [2.05, 4.69) is 0 Å². The van der Waals surface area contributed by atoms with E-state index in [1.165, 1.54) is 0 Å². The van der Waals surface area contributed by atoms with E-state index in [0.29, 0.717) is 18.8 Å². The zero-order chi connectivity index (χ0) is 11.8. The highest BCUT2D eigenvalue weighted by Gasteiger charge is 2.47. The summed E-state index contributed by atoms with van der Waals surface area (Å²) in [5.74, 6) is -0.110. The van der Waals surface area contributed by atoms with Gasteiger partial charge in [-0.3, -0.25) is 0 Å². The van der Waals surface area contributed by atoms with Gasteiger partial charge >= 0.3 is 0 Å². The lowest BCUT2D eigenvalue weighted by Gasteiger charge is -2.30. The van der Waals surface area contributed by atoms with Crippen molar-refractivity contribution >= 4 is 0 Å². The first-order chi connectivity index (χ1) is 7.48. The highest BCUT2D eigenvalue weighted by Crippen LogP contribution is 2.37. The second-order valence-corrected chi connectivity index (χ2v) is 4.57. The Kier molecular flexibility index (Phi) is 2.82. The van der Waals surface area contributed by atoms with Crippen molar-refractivity contribution in [3.63, 3.8) is 0 Å². The molecule has 1 fully saturated rings. The van der Waals surface area contributed by atoms with Crippen molar-refractivity contribution < 1.29 is 19.0 Å². The van der Waals surface area contributed by atoms with Crippen molar-refractivity contribution in [1.29, 1.82) is 0 Å². The lowest BCUT2D eigenvalue weighted by atomic mass is 9.91. The molecule has 1 aromatic heterocycles. The fourth-order valence-electron chi connectivity index (χ4n) is 2.01. The van der Waals surface area contributed by atoms with Gasteiger partial charge in [0.2, 0.25) is 0 Å². The molecule has 1 N–H and O–H groups in total. The molecule has 0 saturated carbocycles. The largest absolute Gasteiger partial charge is 0.466 e. The average molecular weight is 226 g/mol. The van der Waals surface area contributed by atoms with Gasteiger partial charge < -0.3 is 19.0 Å². The van der Waals surface area contributed by atoms with Crippen molar-refractivity contribution in [2.24, 2.45) is 0 Å². The quantitative estimate of drug-likeness (QED) is 0.856. The van der Waals surface area contributed by atoms with Crippen LogP contribution in [0.25, 0.3) is 0 Å². The Morgan fingerprint density at radius 2 is 2.31 bits per heavy atom. The van der Waals surface area contributed by atoms with Crippen molar-refractivity contribution in [3.8, 4) is 0 Å². The van der Waals surface area contributed by atoms with E-state index in [-0.39, 0.29) is 0 Å². The number of ether oxygens (including phenoxy) is 2. The minimum absolute atomic E-state index is 0.373. The molecule has 2 rings (SSSR count). The molecule has 4 nitrogen and oxygen atoms in total. The Morgan fingerprint density at radius 3 is 2.75 bits per heavy atom. The van der Waals surface area contributed by atoms with Gasteiger partial charge in [-0.15, -0.1) is 0 Å². The van der Waals surface area contributed by atoms with Gasteiger partial charge in [0.15, 0.2) is 11.4 Å². The summed E-state index contributed by atoms with van der Waals surface area (Å²) >= 11 is 0. The molecule has 1 aliphatic rings. The first kappa shape index (κ1) is 11.6. The Morgan fingerprint density at radius 1 is 1.56 bits per heavy atom. The van der Waals surface area contributed by atoms with Gasteiger partial charge in [-0.25, -0.2) is 0 Å². The SMILES string of the molecule is CC[C@@](O)(c1ccco1)[C@H]1COC(C)(C)O1. The van der Waals surface area contributed by atoms with E-state index in [1.807, 2.05) is 20.8 Å². The van der Waals surface area contributed by atoms with E-state index < -0.39 is 17.5 Å². The smallest absolute Gasteiger partial charge is 0.163 e. The molecule has 0 unspecified atom stereocenters. The summed E-state index contributed by atoms with van der Waals surface area (Å²) in [6.07, 6.45) is 1.68. The minimum Gasteiger partial charge on any atom is -0.466 e. The third kappa shape index (κ3) is 1.88. The average Bonchev–Trinajstić information content (AvgIpc) is 2.86. The number of hydrogen-bond acceptors (Lipinski definition) is 4. The molecule has 16 heavy (non-hydrogen) atoms. The summed E-state index contributed by atoms with van der Waals surface area (Å²) in [6, 6.07) is 3.52. The molecule has 4 heteroatoms. The van der Waals surface area contributed by atoms with E-state index in [4.69, 9.17) is 13.9 Å². The number of rotatable bonds is 3. The molecule has 1 aromatic rings. The molecule has 0 aromatic carbocycles. The molecule has 1 saturated heterocycles. The van der Waals surface area contributed by atoms with Crippen LogP contribution in [0.1, 0.15) is 33.0 Å². The summed E-state index contributed by atoms with van der Waals surface area (Å²) < 4.78 is 16.5. The van der Waals surface area contributed by atoms with Crippen LogP contribution in [0.15, 0.2) is 22.8 Å². The third-order valence-electron chi connectivity index (χ3n) is 3.03. The molecule has 0 spiro atoms. The van der Waals surface area contributed by atoms with Gasteiger partial charge in [-0.1, -0.05) is 6.92 Å². The molecule has 2 heterocycles. The standard InChI is InChI=1S/C12H18O4/c1-4-12(13,9-6-5-7-14-9)10-8-15-11(2,3)16-10/h5-7,10,13H,4,8H2,1-3H3/t10-,12-/m1/s1. The third-order valence-corrected chi connectivity index (χ3v) is 3.03. The number of aliphatic hydroxyl groups is 1. The summed E-state index contributed by atoms with van der Waals surface area (Å²) in [7, 11) is 0. The zero-order valence-corrected chi connectivity index (χ0v) is 9.90. The van der Waals surface area contributed by atoms with E-state index in [1.54, 1.807) is 18.4 Å². The van der Waals surface area contributed by atoms with Crippen LogP contribution in [0.4, 0.5) is 0 Å². The first-order valence-electron chi connectivity index (χ1n) is 5.56. The molecule has 90 valence electrons. The summed E-state index contributed by atoms with van der Waals surface area (Å²) in [4.78, 5) is 0. The summed E-state index contributed by atoms with van der Waals surface area (Å²) in [5.41, 5.74) is -1.11. The molecule has 0 radical (unpaired) electrons. The summed E-state index contributed by atoms with van der Waals surface area (Å²) in [5, 5.41) is 10.6. The molecule has 0 bridgehead atoms. The van der Waals surface area contributed by atoms with Crippen LogP contribution >= 0.6 is 0 Å². The van der Waals surface area contributed by atoms with Gasteiger partial charge in [0.25, 0.3) is 0 Å². The molecular weight excluding hydrogens is 208 g/mol. The summed E-state index contributed by atoms with van der Waals surface area (Å²) in [6.45, 7) is 5.95. The molecule has 1 aliphatic heterocycles. The van der Waals surface area contributed by atoms with E-state index in [0.717, 1.165) is 0 Å². The normalized spacial score (nSPS) is 27.9. The second kappa shape index (κ2) is 3.87. The lowest BCUT2D eigenvalue weighted by Crippen LogP contribution is -2.41. The van der Waals surface area contributed by atoms with Crippen LogP contribution in [-0.2, 0) is 15.1 Å². The van der Waals surface area contributed by atoms with Crippen LogP contribution in [-0.4, -0.2) is 23.6 Å². The van der Waals surface area contributed by atoms with Crippen molar-refractivity contribution in [2.75, 3.05) is 6.61 Å². The van der Waals surface area contributed by atoms with Gasteiger partial charge in [0, 0.05) is 0 Å². The Balaban J connectivity index is 2.23. The molecular formula is C12H18O4. The van der Waals surface area contributed by atoms with Gasteiger partial charge in [0.1, 0.15) is 11.9 Å². The van der Waals surface area contributed by atoms with Crippen LogP contribution in [0.2, 0.25) is 0 Å². The maximum absolute atomic E-state index is 10.6. The van der Waals surface area contributed by atoms with Gasteiger partial charge in [0.05, 0.1) is 12.9 Å². The van der Waals surface area contributed by atoms with E-state index >= 15 is 0 Å². The fraction of sp³-hybridized carbons (Fsp3) is 0.667. The Hall–Kier alpha value is -0.840. The predicted molar refractivity (Wildman–Crippen MR) is 57.8 cm³/mol. The number of furan rings is 1. The van der Waals surface area contributed by atoms with Crippen LogP contribution in [0, 0.1) is 0 Å². The molecule has 0 aliphatic carbocycles. The van der Waals surface area contributed by atoms with Crippen molar-refractivity contribution in [1.82, 2.24) is 0 Å². The molecule has 0 amide bonds. The predicted octanol–water partition coefficient (Wildman–Crippen LogP) is 2.03.